The number of fused-ring (bicyclic) bond motifs is 1. The maximum atomic E-state index is 13.0. The fraction of sp³-hybridized carbons (Fsp3) is 0.391. The monoisotopic (exact) mass is 469 g/mol. The van der Waals surface area contributed by atoms with Gasteiger partial charge in [-0.05, 0) is 56.1 Å². The van der Waals surface area contributed by atoms with Crippen LogP contribution in [0, 0.1) is 19.8 Å². The van der Waals surface area contributed by atoms with E-state index in [1.54, 1.807) is 31.8 Å². The number of hydrogen-bond donors (Lipinski definition) is 1. The summed E-state index contributed by atoms with van der Waals surface area (Å²) in [6.45, 7) is 5.78. The molecule has 7 nitrogen and oxygen atoms in total. The molecule has 4 rings (SSSR count). The van der Waals surface area contributed by atoms with Crippen molar-refractivity contribution in [1.29, 1.82) is 0 Å². The summed E-state index contributed by atoms with van der Waals surface area (Å²) in [5, 5.41) is 4.11. The predicted molar refractivity (Wildman–Crippen MR) is 132 cm³/mol. The number of hydrogen-bond acceptors (Lipinski definition) is 7. The number of nitrogens with zero attached hydrogens (tertiary/aromatic N) is 4. The topological polar surface area (TPSA) is 78.4 Å². The van der Waals surface area contributed by atoms with E-state index in [9.17, 15) is 9.59 Å². The molecule has 1 aliphatic heterocycles. The van der Waals surface area contributed by atoms with Gasteiger partial charge in [-0.1, -0.05) is 12.1 Å². The van der Waals surface area contributed by atoms with Gasteiger partial charge in [0, 0.05) is 42.9 Å². The van der Waals surface area contributed by atoms with Crippen LogP contribution in [-0.4, -0.2) is 53.2 Å². The summed E-state index contributed by atoms with van der Waals surface area (Å²) >= 11 is 2.82. The van der Waals surface area contributed by atoms with Gasteiger partial charge in [0.1, 0.15) is 17.0 Å². The molecule has 32 heavy (non-hydrogen) atoms. The molecule has 1 fully saturated rings. The van der Waals surface area contributed by atoms with Crippen molar-refractivity contribution >= 4 is 56.0 Å². The summed E-state index contributed by atoms with van der Waals surface area (Å²) in [5.74, 6) is 0.904. The molecule has 0 spiro atoms. The molecular weight excluding hydrogens is 442 g/mol. The molecule has 2 aromatic heterocycles. The minimum atomic E-state index is -0.0740. The number of carbonyl (C=O) groups is 2. The number of thiophene rings is 1. The van der Waals surface area contributed by atoms with E-state index in [0.717, 1.165) is 58.6 Å². The second-order valence-corrected chi connectivity index (χ2v) is 10.4. The first-order chi connectivity index (χ1) is 15.3. The van der Waals surface area contributed by atoms with Crippen molar-refractivity contribution in [3.8, 4) is 0 Å². The molecule has 0 aliphatic carbocycles. The number of rotatable bonds is 4. The lowest BCUT2D eigenvalue weighted by Gasteiger charge is -2.32. The van der Waals surface area contributed by atoms with Crippen molar-refractivity contribution in [3.05, 3.63) is 41.0 Å². The van der Waals surface area contributed by atoms with E-state index in [-0.39, 0.29) is 17.1 Å². The van der Waals surface area contributed by atoms with Crippen molar-refractivity contribution < 1.29 is 9.59 Å². The zero-order valence-electron chi connectivity index (χ0n) is 18.7. The van der Waals surface area contributed by atoms with Gasteiger partial charge in [-0.25, -0.2) is 9.97 Å². The fourth-order valence-corrected chi connectivity index (χ4v) is 5.57. The molecule has 0 bridgehead atoms. The van der Waals surface area contributed by atoms with Crippen LogP contribution in [0.25, 0.3) is 10.2 Å². The summed E-state index contributed by atoms with van der Waals surface area (Å²) in [7, 11) is 3.43. The third-order valence-electron chi connectivity index (χ3n) is 5.82. The van der Waals surface area contributed by atoms with Crippen LogP contribution in [0.1, 0.15) is 23.3 Å². The lowest BCUT2D eigenvalue weighted by molar-refractivity contribution is -0.120. The largest absolute Gasteiger partial charge is 0.356 e. The lowest BCUT2D eigenvalue weighted by atomic mass is 9.95. The highest BCUT2D eigenvalue weighted by Crippen LogP contribution is 2.36. The Kier molecular flexibility index (Phi) is 6.66. The van der Waals surface area contributed by atoms with Crippen molar-refractivity contribution in [2.24, 2.45) is 5.92 Å². The van der Waals surface area contributed by atoms with E-state index in [0.29, 0.717) is 5.69 Å². The highest BCUT2D eigenvalue weighted by Gasteiger charge is 2.28. The summed E-state index contributed by atoms with van der Waals surface area (Å²) < 4.78 is 0. The number of carbonyl (C=O) groups excluding carboxylic acids is 2. The van der Waals surface area contributed by atoms with Gasteiger partial charge in [0.25, 0.3) is 5.24 Å². The molecule has 0 saturated carbocycles. The number of para-hydroxylation sites is 1. The Hall–Kier alpha value is -2.65. The molecule has 0 radical (unpaired) electrons. The molecule has 1 aliphatic rings. The average Bonchev–Trinajstić information content (AvgIpc) is 3.08. The highest BCUT2D eigenvalue weighted by atomic mass is 32.2. The Morgan fingerprint density at radius 1 is 1.16 bits per heavy atom. The Balaban J connectivity index is 1.43. The molecule has 0 atom stereocenters. The lowest BCUT2D eigenvalue weighted by Crippen LogP contribution is -2.38. The van der Waals surface area contributed by atoms with Gasteiger partial charge in [0.2, 0.25) is 5.91 Å². The van der Waals surface area contributed by atoms with Crippen LogP contribution in [0.5, 0.6) is 0 Å². The van der Waals surface area contributed by atoms with Crippen molar-refractivity contribution in [2.75, 3.05) is 37.4 Å². The fourth-order valence-electron chi connectivity index (χ4n) is 3.84. The Bertz CT molecular complexity index is 1150. The minimum absolute atomic E-state index is 0.00500. The van der Waals surface area contributed by atoms with Crippen LogP contribution in [0.2, 0.25) is 0 Å². The van der Waals surface area contributed by atoms with Crippen molar-refractivity contribution in [3.63, 3.8) is 0 Å². The summed E-state index contributed by atoms with van der Waals surface area (Å²) in [6.07, 6.45) is 3.15. The molecule has 168 valence electrons. The Morgan fingerprint density at radius 3 is 2.59 bits per heavy atom. The first-order valence-corrected chi connectivity index (χ1v) is 12.2. The first-order valence-electron chi connectivity index (χ1n) is 10.6. The summed E-state index contributed by atoms with van der Waals surface area (Å²) in [6, 6.07) is 7.44. The number of thioether (sulfide) groups is 1. The van der Waals surface area contributed by atoms with Crippen molar-refractivity contribution in [1.82, 2.24) is 14.9 Å². The maximum absolute atomic E-state index is 13.0. The quantitative estimate of drug-likeness (QED) is 0.546. The average molecular weight is 470 g/mol. The zero-order chi connectivity index (χ0) is 22.8. The predicted octanol–water partition coefficient (Wildman–Crippen LogP) is 4.94. The van der Waals surface area contributed by atoms with Gasteiger partial charge < -0.3 is 15.1 Å². The van der Waals surface area contributed by atoms with Gasteiger partial charge in [-0.15, -0.1) is 11.3 Å². The summed E-state index contributed by atoms with van der Waals surface area (Å²) in [5.41, 5.74) is 1.92. The number of amides is 2. The third kappa shape index (κ3) is 4.59. The first kappa shape index (κ1) is 22.5. The second kappa shape index (κ2) is 9.46. The van der Waals surface area contributed by atoms with Crippen LogP contribution >= 0.6 is 23.1 Å². The number of piperidine rings is 1. The van der Waals surface area contributed by atoms with E-state index in [2.05, 4.69) is 34.0 Å². The van der Waals surface area contributed by atoms with Crippen LogP contribution in [0.3, 0.4) is 0 Å². The molecule has 2 amide bonds. The maximum Gasteiger partial charge on any atom is 0.286 e. The summed E-state index contributed by atoms with van der Waals surface area (Å²) in [4.78, 5) is 40.9. The molecule has 3 heterocycles. The van der Waals surface area contributed by atoms with Gasteiger partial charge in [-0.3, -0.25) is 9.59 Å². The molecule has 1 aromatic carbocycles. The standard InChI is InChI=1S/C23H27N5O2S2/c1-14-15(2)31-22-19(14)20(24-13-25-22)28-11-9-16(10-12-28)21(29)26-17-7-5-6-8-18(17)32-23(30)27(3)4/h5-8,13,16H,9-12H2,1-4H3,(H,26,29). The van der Waals surface area contributed by atoms with E-state index in [1.165, 1.54) is 15.3 Å². The van der Waals surface area contributed by atoms with Crippen molar-refractivity contribution in [2.45, 2.75) is 31.6 Å². The smallest absolute Gasteiger partial charge is 0.286 e. The number of nitrogens with one attached hydrogen (secondary N) is 1. The SMILES string of the molecule is Cc1sc2ncnc(N3CCC(C(=O)Nc4ccccc4SC(=O)N(C)C)CC3)c2c1C. The number of anilines is 2. The molecular formula is C23H27N5O2S2. The molecule has 1 saturated heterocycles. The number of aryl methyl sites for hydroxylation is 2. The van der Waals surface area contributed by atoms with Gasteiger partial charge in [0.05, 0.1) is 11.1 Å². The zero-order valence-corrected chi connectivity index (χ0v) is 20.3. The van der Waals surface area contributed by atoms with E-state index >= 15 is 0 Å². The van der Waals surface area contributed by atoms with Gasteiger partial charge in [0.15, 0.2) is 0 Å². The van der Waals surface area contributed by atoms with Gasteiger partial charge >= 0.3 is 0 Å². The van der Waals surface area contributed by atoms with E-state index in [1.807, 2.05) is 24.3 Å². The highest BCUT2D eigenvalue weighted by molar-refractivity contribution is 8.13. The second-order valence-electron chi connectivity index (χ2n) is 8.17. The Morgan fingerprint density at radius 2 is 1.88 bits per heavy atom. The molecule has 3 aromatic rings. The normalized spacial score (nSPS) is 14.6. The molecule has 9 heteroatoms. The van der Waals surface area contributed by atoms with Crippen LogP contribution in [-0.2, 0) is 4.79 Å². The number of aromatic nitrogens is 2. The van der Waals surface area contributed by atoms with Gasteiger partial charge in [-0.2, -0.15) is 0 Å². The van der Waals surface area contributed by atoms with Crippen LogP contribution in [0.15, 0.2) is 35.5 Å². The van der Waals surface area contributed by atoms with E-state index in [4.69, 9.17) is 0 Å². The molecule has 0 unspecified atom stereocenters. The third-order valence-corrected chi connectivity index (χ3v) is 8.05. The van der Waals surface area contributed by atoms with E-state index < -0.39 is 0 Å². The molecule has 1 N–H and O–H groups in total. The van der Waals surface area contributed by atoms with Crippen LogP contribution < -0.4 is 10.2 Å². The minimum Gasteiger partial charge on any atom is -0.356 e. The van der Waals surface area contributed by atoms with Crippen LogP contribution in [0.4, 0.5) is 16.3 Å². The Labute approximate surface area is 196 Å². The number of benzene rings is 1.